The minimum absolute atomic E-state index is 0.435. The number of aliphatic imine (C=N–C) groups is 1. The highest BCUT2D eigenvalue weighted by Gasteiger charge is 2.09. The molecule has 0 spiro atoms. The van der Waals surface area contributed by atoms with Gasteiger partial charge in [0.2, 0.25) is 0 Å². The Morgan fingerprint density at radius 1 is 1.21 bits per heavy atom. The van der Waals surface area contributed by atoms with Crippen molar-refractivity contribution in [2.45, 2.75) is 31.7 Å². The fourth-order valence-corrected chi connectivity index (χ4v) is 3.43. The number of guanidine groups is 1. The van der Waals surface area contributed by atoms with Crippen LogP contribution in [0.25, 0.3) is 11.6 Å². The molecule has 0 aliphatic carbocycles. The lowest BCUT2D eigenvalue weighted by Crippen LogP contribution is -2.38. The maximum atomic E-state index is 5.30. The minimum atomic E-state index is 0.435. The smallest absolute Gasteiger partial charge is 0.276 e. The predicted molar refractivity (Wildman–Crippen MR) is 117 cm³/mol. The van der Waals surface area contributed by atoms with Crippen LogP contribution in [0.15, 0.2) is 57.0 Å². The zero-order valence-electron chi connectivity index (χ0n) is 17.0. The molecule has 152 valence electrons. The summed E-state index contributed by atoms with van der Waals surface area (Å²) < 4.78 is 5.30. The quantitative estimate of drug-likeness (QED) is 0.334. The molecular weight excluding hydrogens is 384 g/mol. The summed E-state index contributed by atoms with van der Waals surface area (Å²) >= 11 is 1.75. The van der Waals surface area contributed by atoms with Gasteiger partial charge in [-0.05, 0) is 49.4 Å². The third-order valence-corrected chi connectivity index (χ3v) is 5.01. The molecule has 0 radical (unpaired) electrons. The average molecular weight is 411 g/mol. The molecule has 7 nitrogen and oxygen atoms in total. The fourth-order valence-electron chi connectivity index (χ4n) is 2.73. The SMILES string of the molecule is CCNC(=NCc1ccc(C)cc1SC)NCCc1noc(-c2ccccn2)n1. The molecule has 29 heavy (non-hydrogen) atoms. The van der Waals surface area contributed by atoms with Crippen molar-refractivity contribution in [3.63, 3.8) is 0 Å². The predicted octanol–water partition coefficient (Wildman–Crippen LogP) is 3.46. The number of nitrogens with one attached hydrogen (secondary N) is 2. The van der Waals surface area contributed by atoms with E-state index in [1.807, 2.05) is 18.2 Å². The second-order valence-electron chi connectivity index (χ2n) is 6.42. The molecule has 0 aliphatic rings. The summed E-state index contributed by atoms with van der Waals surface area (Å²) in [5.74, 6) is 1.84. The van der Waals surface area contributed by atoms with Gasteiger partial charge >= 0.3 is 0 Å². The van der Waals surface area contributed by atoms with Crippen molar-refractivity contribution >= 4 is 17.7 Å². The van der Waals surface area contributed by atoms with Crippen LogP contribution < -0.4 is 10.6 Å². The van der Waals surface area contributed by atoms with E-state index in [9.17, 15) is 0 Å². The van der Waals surface area contributed by atoms with Gasteiger partial charge in [-0.2, -0.15) is 4.98 Å². The molecule has 0 aliphatic heterocycles. The van der Waals surface area contributed by atoms with Crippen molar-refractivity contribution in [1.29, 1.82) is 0 Å². The number of nitrogens with zero attached hydrogens (tertiary/aromatic N) is 4. The van der Waals surface area contributed by atoms with Crippen LogP contribution >= 0.6 is 11.8 Å². The van der Waals surface area contributed by atoms with Gasteiger partial charge in [-0.25, -0.2) is 4.99 Å². The van der Waals surface area contributed by atoms with Crippen molar-refractivity contribution in [3.8, 4) is 11.6 Å². The molecule has 2 N–H and O–H groups in total. The third kappa shape index (κ3) is 6.05. The summed E-state index contributed by atoms with van der Waals surface area (Å²) in [7, 11) is 0. The van der Waals surface area contributed by atoms with Gasteiger partial charge in [0.25, 0.3) is 5.89 Å². The van der Waals surface area contributed by atoms with Gasteiger partial charge in [0.1, 0.15) is 5.69 Å². The highest BCUT2D eigenvalue weighted by molar-refractivity contribution is 7.98. The standard InChI is InChI=1S/C21H26N6OS/c1-4-22-21(25-14-16-9-8-15(2)13-18(16)29-3)24-12-10-19-26-20(28-27-19)17-7-5-6-11-23-17/h5-9,11,13H,4,10,12,14H2,1-3H3,(H2,22,24,25). The monoisotopic (exact) mass is 410 g/mol. The van der Waals surface area contributed by atoms with Crippen LogP contribution in [0.5, 0.6) is 0 Å². The van der Waals surface area contributed by atoms with Gasteiger partial charge in [0.05, 0.1) is 6.54 Å². The fraction of sp³-hybridized carbons (Fsp3) is 0.333. The Kier molecular flexibility index (Phi) is 7.63. The summed E-state index contributed by atoms with van der Waals surface area (Å²) in [5, 5.41) is 10.6. The topological polar surface area (TPSA) is 88.2 Å². The van der Waals surface area contributed by atoms with Gasteiger partial charge in [-0.1, -0.05) is 23.4 Å². The first-order chi connectivity index (χ1) is 14.2. The van der Waals surface area contributed by atoms with Crippen LogP contribution in [0.4, 0.5) is 0 Å². The number of pyridine rings is 1. The van der Waals surface area contributed by atoms with E-state index in [4.69, 9.17) is 9.52 Å². The van der Waals surface area contributed by atoms with Crippen molar-refractivity contribution in [1.82, 2.24) is 25.8 Å². The molecular formula is C21H26N6OS. The zero-order chi connectivity index (χ0) is 20.5. The number of rotatable bonds is 8. The van der Waals surface area contributed by atoms with Crippen LogP contribution in [0, 0.1) is 6.92 Å². The van der Waals surface area contributed by atoms with E-state index in [-0.39, 0.29) is 0 Å². The lowest BCUT2D eigenvalue weighted by molar-refractivity contribution is 0.421. The van der Waals surface area contributed by atoms with Crippen LogP contribution in [0.1, 0.15) is 23.9 Å². The van der Waals surface area contributed by atoms with Gasteiger partial charge < -0.3 is 15.2 Å². The number of aryl methyl sites for hydroxylation is 1. The first-order valence-corrected chi connectivity index (χ1v) is 10.8. The Morgan fingerprint density at radius 2 is 2.10 bits per heavy atom. The lowest BCUT2D eigenvalue weighted by atomic mass is 10.1. The zero-order valence-corrected chi connectivity index (χ0v) is 17.8. The number of hydrogen-bond acceptors (Lipinski definition) is 6. The van der Waals surface area contributed by atoms with Crippen LogP contribution in [-0.4, -0.2) is 40.4 Å². The van der Waals surface area contributed by atoms with Gasteiger partial charge in [0, 0.05) is 30.6 Å². The third-order valence-electron chi connectivity index (χ3n) is 4.19. The average Bonchev–Trinajstić information content (AvgIpc) is 3.22. The maximum absolute atomic E-state index is 5.30. The van der Waals surface area contributed by atoms with Gasteiger partial charge in [0.15, 0.2) is 11.8 Å². The first kappa shape index (κ1) is 20.9. The van der Waals surface area contributed by atoms with E-state index in [0.717, 1.165) is 12.5 Å². The van der Waals surface area contributed by atoms with Crippen molar-refractivity contribution in [2.75, 3.05) is 19.3 Å². The van der Waals surface area contributed by atoms with E-state index in [1.165, 1.54) is 16.0 Å². The molecule has 8 heteroatoms. The Hall–Kier alpha value is -2.87. The van der Waals surface area contributed by atoms with E-state index in [1.54, 1.807) is 18.0 Å². The summed E-state index contributed by atoms with van der Waals surface area (Å²) in [5.41, 5.74) is 3.16. The van der Waals surface area contributed by atoms with E-state index < -0.39 is 0 Å². The van der Waals surface area contributed by atoms with E-state index in [2.05, 4.69) is 64.1 Å². The molecule has 0 fully saturated rings. The molecule has 3 aromatic rings. The normalized spacial score (nSPS) is 11.5. The number of benzene rings is 1. The molecule has 0 saturated heterocycles. The minimum Gasteiger partial charge on any atom is -0.357 e. The summed E-state index contributed by atoms with van der Waals surface area (Å²) in [4.78, 5) is 14.6. The van der Waals surface area contributed by atoms with Crippen LogP contribution in [0.2, 0.25) is 0 Å². The first-order valence-electron chi connectivity index (χ1n) is 9.59. The lowest BCUT2D eigenvalue weighted by Gasteiger charge is -2.11. The number of hydrogen-bond donors (Lipinski definition) is 2. The number of thioether (sulfide) groups is 1. The Morgan fingerprint density at radius 3 is 2.86 bits per heavy atom. The highest BCUT2D eigenvalue weighted by atomic mass is 32.2. The molecule has 0 atom stereocenters. The molecule has 2 heterocycles. The Labute approximate surface area is 175 Å². The second kappa shape index (κ2) is 10.6. The van der Waals surface area contributed by atoms with Gasteiger partial charge in [-0.3, -0.25) is 4.98 Å². The Bertz CT molecular complexity index is 941. The molecule has 0 bridgehead atoms. The molecule has 1 aromatic carbocycles. The molecule has 0 unspecified atom stereocenters. The van der Waals surface area contributed by atoms with Crippen molar-refractivity contribution < 1.29 is 4.52 Å². The molecule has 0 saturated carbocycles. The largest absolute Gasteiger partial charge is 0.357 e. The molecule has 0 amide bonds. The molecule has 3 rings (SSSR count). The highest BCUT2D eigenvalue weighted by Crippen LogP contribution is 2.22. The summed E-state index contributed by atoms with van der Waals surface area (Å²) in [6.07, 6.45) is 4.42. The Balaban J connectivity index is 1.57. The second-order valence-corrected chi connectivity index (χ2v) is 7.27. The van der Waals surface area contributed by atoms with E-state index in [0.29, 0.717) is 36.9 Å². The maximum Gasteiger partial charge on any atom is 0.276 e. The van der Waals surface area contributed by atoms with Crippen LogP contribution in [-0.2, 0) is 13.0 Å². The summed E-state index contributed by atoms with van der Waals surface area (Å²) in [6, 6.07) is 12.1. The summed E-state index contributed by atoms with van der Waals surface area (Å²) in [6.45, 7) is 6.22. The van der Waals surface area contributed by atoms with Crippen molar-refractivity contribution in [3.05, 3.63) is 59.5 Å². The van der Waals surface area contributed by atoms with Crippen molar-refractivity contribution in [2.24, 2.45) is 4.99 Å². The van der Waals surface area contributed by atoms with Gasteiger partial charge in [-0.15, -0.1) is 11.8 Å². The number of aromatic nitrogens is 3. The van der Waals surface area contributed by atoms with E-state index >= 15 is 0 Å². The molecule has 2 aromatic heterocycles. The van der Waals surface area contributed by atoms with Crippen LogP contribution in [0.3, 0.4) is 0 Å².